The summed E-state index contributed by atoms with van der Waals surface area (Å²) < 4.78 is 4.93. The van der Waals surface area contributed by atoms with Crippen molar-refractivity contribution in [3.63, 3.8) is 0 Å². The van der Waals surface area contributed by atoms with Gasteiger partial charge in [0.2, 0.25) is 5.89 Å². The molecule has 0 aliphatic carbocycles. The molecule has 0 aliphatic heterocycles. The number of rotatable bonds is 3. The van der Waals surface area contributed by atoms with Crippen LogP contribution in [0, 0.1) is 0 Å². The molecule has 1 N–H and O–H groups in total. The van der Waals surface area contributed by atoms with Gasteiger partial charge in [0, 0.05) is 0 Å². The Morgan fingerprint density at radius 2 is 1.94 bits per heavy atom. The van der Waals surface area contributed by atoms with Gasteiger partial charge in [0.1, 0.15) is 0 Å². The molecule has 0 radical (unpaired) electrons. The molecule has 0 amide bonds. The van der Waals surface area contributed by atoms with Crippen LogP contribution < -0.4 is 0 Å². The van der Waals surface area contributed by atoms with Crippen molar-refractivity contribution >= 4 is 24.8 Å². The molecule has 6 heteroatoms. The summed E-state index contributed by atoms with van der Waals surface area (Å²) in [6, 6.07) is 9.50. The molecule has 2 rings (SSSR count). The monoisotopic (exact) mass is 212 g/mol. The van der Waals surface area contributed by atoms with Crippen molar-refractivity contribution in [3.8, 4) is 0 Å². The van der Waals surface area contributed by atoms with Crippen molar-refractivity contribution in [1.29, 1.82) is 0 Å². The fraction of sp³-hybridized carbons (Fsp3) is 0.100. The van der Waals surface area contributed by atoms with Gasteiger partial charge in [0.05, 0.1) is 6.42 Å². The van der Waals surface area contributed by atoms with Crippen LogP contribution in [0.15, 0.2) is 34.7 Å². The van der Waals surface area contributed by atoms with Crippen LogP contribution in [0.4, 0.5) is 0 Å². The van der Waals surface area contributed by atoms with Crippen molar-refractivity contribution in [3.05, 3.63) is 47.7 Å². The Morgan fingerprint density at radius 3 is 2.50 bits per heavy atom. The molecule has 2 aromatic rings. The predicted molar refractivity (Wildman–Crippen MR) is 57.7 cm³/mol. The van der Waals surface area contributed by atoms with Crippen LogP contribution in [0.25, 0.3) is 0 Å². The Labute approximate surface area is 104 Å². The van der Waals surface area contributed by atoms with E-state index in [1.165, 1.54) is 0 Å². The number of aromatic carboxylic acids is 1. The second-order valence-electron chi connectivity index (χ2n) is 2.97. The molecule has 16 heavy (non-hydrogen) atoms. The van der Waals surface area contributed by atoms with E-state index >= 15 is 0 Å². The number of carboxylic acid groups (broad SMARTS) is 1. The van der Waals surface area contributed by atoms with Crippen LogP contribution in [0.5, 0.6) is 0 Å². The third kappa shape index (κ3) is 2.96. The number of benzene rings is 1. The molecule has 1 aromatic heterocycles. The Hall–Kier alpha value is -1.57. The average Bonchev–Trinajstić information content (AvgIpc) is 2.68. The van der Waals surface area contributed by atoms with E-state index in [1.54, 1.807) is 0 Å². The van der Waals surface area contributed by atoms with Crippen LogP contribution in [0.2, 0.25) is 0 Å². The molecule has 0 fully saturated rings. The first kappa shape index (κ1) is 12.5. The summed E-state index contributed by atoms with van der Waals surface area (Å²) in [5.41, 5.74) is 0.998. The van der Waals surface area contributed by atoms with Gasteiger partial charge in [-0.1, -0.05) is 30.3 Å². The number of aromatic nitrogens is 2. The van der Waals surface area contributed by atoms with Gasteiger partial charge in [-0.15, -0.1) is 10.2 Å². The summed E-state index contributed by atoms with van der Waals surface area (Å²) in [4.78, 5) is 10.5. The normalized spacial score (nSPS) is 9.50. The zero-order chi connectivity index (χ0) is 10.7. The van der Waals surface area contributed by atoms with E-state index in [0.29, 0.717) is 12.3 Å². The Bertz CT molecular complexity index is 470. The SMILES string of the molecule is O=C(O)c1nnc(Cc2ccccc2)o1.[LiH]. The van der Waals surface area contributed by atoms with Gasteiger partial charge in [-0.25, -0.2) is 4.79 Å². The second-order valence-corrected chi connectivity index (χ2v) is 2.97. The third-order valence-corrected chi connectivity index (χ3v) is 1.85. The van der Waals surface area contributed by atoms with Gasteiger partial charge in [-0.05, 0) is 5.56 Å². The molecular formula is C10H9LiN2O3. The van der Waals surface area contributed by atoms with Crippen LogP contribution in [-0.2, 0) is 6.42 Å². The van der Waals surface area contributed by atoms with E-state index < -0.39 is 5.97 Å². The van der Waals surface area contributed by atoms with Crippen molar-refractivity contribution < 1.29 is 14.3 Å². The first-order valence-electron chi connectivity index (χ1n) is 4.35. The van der Waals surface area contributed by atoms with Crippen LogP contribution in [-0.4, -0.2) is 40.1 Å². The van der Waals surface area contributed by atoms with Crippen molar-refractivity contribution in [2.24, 2.45) is 0 Å². The third-order valence-electron chi connectivity index (χ3n) is 1.85. The van der Waals surface area contributed by atoms with Gasteiger partial charge < -0.3 is 9.52 Å². The summed E-state index contributed by atoms with van der Waals surface area (Å²) in [7, 11) is 0. The van der Waals surface area contributed by atoms with Gasteiger partial charge in [-0.2, -0.15) is 0 Å². The maximum absolute atomic E-state index is 10.5. The molecule has 5 nitrogen and oxygen atoms in total. The van der Waals surface area contributed by atoms with E-state index in [9.17, 15) is 4.79 Å². The van der Waals surface area contributed by atoms with Gasteiger partial charge >= 0.3 is 30.7 Å². The minimum absolute atomic E-state index is 0. The van der Waals surface area contributed by atoms with Gasteiger partial charge in [0.15, 0.2) is 0 Å². The topological polar surface area (TPSA) is 76.2 Å². The zero-order valence-corrected chi connectivity index (χ0v) is 7.75. The van der Waals surface area contributed by atoms with E-state index in [0.717, 1.165) is 5.56 Å². The van der Waals surface area contributed by atoms with Crippen molar-refractivity contribution in [1.82, 2.24) is 10.2 Å². The molecule has 78 valence electrons. The molecule has 1 aromatic carbocycles. The van der Waals surface area contributed by atoms with E-state index in [2.05, 4.69) is 10.2 Å². The number of carbonyl (C=O) groups is 1. The summed E-state index contributed by atoms with van der Waals surface area (Å²) in [6.07, 6.45) is 0.446. The fourth-order valence-electron chi connectivity index (χ4n) is 1.18. The quantitative estimate of drug-likeness (QED) is 0.758. The van der Waals surface area contributed by atoms with Crippen molar-refractivity contribution in [2.45, 2.75) is 6.42 Å². The first-order chi connectivity index (χ1) is 7.25. The molecule has 0 spiro atoms. The molecule has 0 aliphatic rings. The summed E-state index contributed by atoms with van der Waals surface area (Å²) in [5, 5.41) is 15.6. The predicted octanol–water partition coefficient (Wildman–Crippen LogP) is 0.710. The van der Waals surface area contributed by atoms with Crippen LogP contribution in [0.1, 0.15) is 22.1 Å². The molecule has 0 bridgehead atoms. The Morgan fingerprint density at radius 1 is 1.25 bits per heavy atom. The average molecular weight is 212 g/mol. The standard InChI is InChI=1S/C10H8N2O3.Li.H/c13-10(14)9-12-11-8(15-9)6-7-4-2-1-3-5-7;;/h1-5H,6H2,(H,13,14);;. The first-order valence-corrected chi connectivity index (χ1v) is 4.35. The summed E-state index contributed by atoms with van der Waals surface area (Å²) in [5.74, 6) is -1.28. The maximum atomic E-state index is 10.5. The molecule has 1 heterocycles. The van der Waals surface area contributed by atoms with Crippen molar-refractivity contribution in [2.75, 3.05) is 0 Å². The molecule has 0 saturated heterocycles. The Balaban J connectivity index is 0.00000128. The number of hydrogen-bond acceptors (Lipinski definition) is 4. The second kappa shape index (κ2) is 5.49. The summed E-state index contributed by atoms with van der Waals surface area (Å²) in [6.45, 7) is 0. The number of nitrogens with zero attached hydrogens (tertiary/aromatic N) is 2. The Kier molecular flexibility index (Phi) is 4.29. The van der Waals surface area contributed by atoms with Crippen LogP contribution >= 0.6 is 0 Å². The van der Waals surface area contributed by atoms with Gasteiger partial charge in [-0.3, -0.25) is 0 Å². The summed E-state index contributed by atoms with van der Waals surface area (Å²) >= 11 is 0. The number of hydrogen-bond donors (Lipinski definition) is 1. The number of carboxylic acids is 1. The van der Waals surface area contributed by atoms with Crippen LogP contribution in [0.3, 0.4) is 0 Å². The molecular weight excluding hydrogens is 203 g/mol. The zero-order valence-electron chi connectivity index (χ0n) is 7.75. The van der Waals surface area contributed by atoms with E-state index in [1.807, 2.05) is 30.3 Å². The molecule has 0 unspecified atom stereocenters. The molecule has 0 saturated carbocycles. The fourth-order valence-corrected chi connectivity index (χ4v) is 1.18. The minimum atomic E-state index is -1.21. The van der Waals surface area contributed by atoms with Gasteiger partial charge in [0.25, 0.3) is 0 Å². The molecule has 0 atom stereocenters. The van der Waals surface area contributed by atoms with E-state index in [-0.39, 0.29) is 24.8 Å². The van der Waals surface area contributed by atoms with E-state index in [4.69, 9.17) is 9.52 Å².